The highest BCUT2D eigenvalue weighted by Gasteiger charge is 2.48. The number of rotatable bonds is 6. The molecule has 2 heterocycles. The third kappa shape index (κ3) is 4.44. The minimum absolute atomic E-state index is 0.0242. The number of ether oxygens (including phenoxy) is 1. The summed E-state index contributed by atoms with van der Waals surface area (Å²) in [5, 5.41) is 14.8. The Labute approximate surface area is 204 Å². The van der Waals surface area contributed by atoms with Gasteiger partial charge in [0.1, 0.15) is 12.6 Å². The van der Waals surface area contributed by atoms with Crippen LogP contribution in [0.1, 0.15) is 62.6 Å². The largest absolute Gasteiger partial charge is 0.449 e. The molecule has 1 fully saturated rings. The van der Waals surface area contributed by atoms with Crippen molar-refractivity contribution < 1.29 is 13.9 Å². The van der Waals surface area contributed by atoms with Crippen molar-refractivity contribution in [1.29, 1.82) is 0 Å². The molecule has 34 heavy (non-hydrogen) atoms. The quantitative estimate of drug-likeness (QED) is 0.513. The van der Waals surface area contributed by atoms with E-state index in [9.17, 15) is 4.79 Å². The van der Waals surface area contributed by atoms with Crippen LogP contribution in [0, 0.1) is 0 Å². The molecule has 2 N–H and O–H groups in total. The van der Waals surface area contributed by atoms with Crippen LogP contribution in [0.5, 0.6) is 0 Å². The standard InChI is InChI=1S/C26H30N4O3S/c1-25(2)22(28-26(3,4)34-25)23-30-29-21(33-23)13-14-27-24(31)32-15-20-18-11-7-5-9-16(18)17-10-6-8-12-19(17)20/h5-12,20,22,28H,13-15H2,1-4H3,(H,27,31)/t22-/m0/s1. The van der Waals surface area contributed by atoms with E-state index in [2.05, 4.69) is 72.8 Å². The highest BCUT2D eigenvalue weighted by atomic mass is 32.2. The number of nitrogens with one attached hydrogen (secondary N) is 2. The molecule has 2 aromatic carbocycles. The Morgan fingerprint density at radius 2 is 1.71 bits per heavy atom. The lowest BCUT2D eigenvalue weighted by Gasteiger charge is -2.22. The van der Waals surface area contributed by atoms with Gasteiger partial charge in [0.05, 0.1) is 4.87 Å². The van der Waals surface area contributed by atoms with Crippen molar-refractivity contribution in [2.75, 3.05) is 13.2 Å². The van der Waals surface area contributed by atoms with E-state index in [4.69, 9.17) is 9.15 Å². The van der Waals surface area contributed by atoms with Crippen LogP contribution in [-0.2, 0) is 11.2 Å². The first-order valence-electron chi connectivity index (χ1n) is 11.6. The van der Waals surface area contributed by atoms with Crippen molar-refractivity contribution in [3.8, 4) is 11.1 Å². The summed E-state index contributed by atoms with van der Waals surface area (Å²) in [6.45, 7) is 9.30. The molecular weight excluding hydrogens is 448 g/mol. The fourth-order valence-electron chi connectivity index (χ4n) is 5.03. The number of nitrogens with zero attached hydrogens (tertiary/aromatic N) is 2. The number of alkyl carbamates (subject to hydrolysis) is 1. The third-order valence-electron chi connectivity index (χ3n) is 6.39. The Morgan fingerprint density at radius 1 is 1.06 bits per heavy atom. The summed E-state index contributed by atoms with van der Waals surface area (Å²) in [6, 6.07) is 16.6. The SMILES string of the molecule is CC1(C)N[C@@H](c2nnc(CCNC(=O)OCC3c4ccccc4-c4ccccc43)o2)C(C)(C)S1. The topological polar surface area (TPSA) is 89.3 Å². The zero-order valence-corrected chi connectivity index (χ0v) is 20.7. The average molecular weight is 479 g/mol. The smallest absolute Gasteiger partial charge is 0.407 e. The van der Waals surface area contributed by atoms with Gasteiger partial charge in [0.15, 0.2) is 0 Å². The van der Waals surface area contributed by atoms with Crippen molar-refractivity contribution in [1.82, 2.24) is 20.8 Å². The predicted molar refractivity (Wildman–Crippen MR) is 133 cm³/mol. The Balaban J connectivity index is 1.14. The van der Waals surface area contributed by atoms with E-state index in [-0.39, 0.29) is 21.6 Å². The van der Waals surface area contributed by atoms with E-state index in [1.165, 1.54) is 22.3 Å². The molecule has 1 atom stereocenters. The molecule has 1 saturated heterocycles. The molecule has 7 nitrogen and oxygen atoms in total. The molecule has 178 valence electrons. The van der Waals surface area contributed by atoms with Gasteiger partial charge >= 0.3 is 6.09 Å². The van der Waals surface area contributed by atoms with E-state index in [1.807, 2.05) is 36.0 Å². The number of aromatic nitrogens is 2. The minimum Gasteiger partial charge on any atom is -0.449 e. The first-order valence-corrected chi connectivity index (χ1v) is 12.4. The van der Waals surface area contributed by atoms with Crippen LogP contribution in [-0.4, -0.2) is 39.1 Å². The van der Waals surface area contributed by atoms with E-state index >= 15 is 0 Å². The lowest BCUT2D eigenvalue weighted by atomic mass is 9.98. The number of carbonyl (C=O) groups excluding carboxylic acids is 1. The van der Waals surface area contributed by atoms with Crippen LogP contribution in [0.25, 0.3) is 11.1 Å². The van der Waals surface area contributed by atoms with Crippen LogP contribution >= 0.6 is 11.8 Å². The lowest BCUT2D eigenvalue weighted by Crippen LogP contribution is -2.34. The van der Waals surface area contributed by atoms with Crippen molar-refractivity contribution in [3.05, 3.63) is 71.4 Å². The molecule has 0 unspecified atom stereocenters. The van der Waals surface area contributed by atoms with Gasteiger partial charge in [-0.05, 0) is 49.9 Å². The maximum atomic E-state index is 12.4. The van der Waals surface area contributed by atoms with Gasteiger partial charge in [0.25, 0.3) is 0 Å². The summed E-state index contributed by atoms with van der Waals surface area (Å²) >= 11 is 1.85. The Bertz CT molecular complexity index is 1160. The molecule has 1 amide bonds. The number of hydrogen-bond donors (Lipinski definition) is 2. The van der Waals surface area contributed by atoms with Crippen LogP contribution in [0.2, 0.25) is 0 Å². The van der Waals surface area contributed by atoms with Crippen LogP contribution in [0.15, 0.2) is 52.9 Å². The number of thioether (sulfide) groups is 1. The van der Waals surface area contributed by atoms with Crippen molar-refractivity contribution in [2.24, 2.45) is 0 Å². The molecule has 1 aliphatic carbocycles. The lowest BCUT2D eigenvalue weighted by molar-refractivity contribution is 0.143. The fourth-order valence-corrected chi connectivity index (χ4v) is 6.80. The van der Waals surface area contributed by atoms with Crippen LogP contribution in [0.3, 0.4) is 0 Å². The number of amides is 1. The second-order valence-corrected chi connectivity index (χ2v) is 12.1. The molecule has 1 aliphatic heterocycles. The first-order chi connectivity index (χ1) is 16.2. The third-order valence-corrected chi connectivity index (χ3v) is 7.78. The molecule has 0 saturated carbocycles. The summed E-state index contributed by atoms with van der Waals surface area (Å²) in [4.78, 5) is 12.3. The highest BCUT2D eigenvalue weighted by Crippen LogP contribution is 2.50. The highest BCUT2D eigenvalue weighted by molar-refractivity contribution is 8.02. The Kier molecular flexibility index (Phi) is 5.90. The van der Waals surface area contributed by atoms with Gasteiger partial charge in [0.2, 0.25) is 11.8 Å². The fraction of sp³-hybridized carbons (Fsp3) is 0.423. The summed E-state index contributed by atoms with van der Waals surface area (Å²) in [7, 11) is 0. The molecule has 0 bridgehead atoms. The molecule has 8 heteroatoms. The maximum absolute atomic E-state index is 12.4. The monoisotopic (exact) mass is 478 g/mol. The van der Waals surface area contributed by atoms with Gasteiger partial charge in [-0.2, -0.15) is 0 Å². The Morgan fingerprint density at radius 3 is 2.32 bits per heavy atom. The number of carbonyl (C=O) groups is 1. The van der Waals surface area contributed by atoms with Gasteiger partial charge in [-0.1, -0.05) is 48.5 Å². The Hall–Kier alpha value is -2.84. The molecular formula is C26H30N4O3S. The van der Waals surface area contributed by atoms with E-state index in [0.717, 1.165) is 0 Å². The second-order valence-electron chi connectivity index (χ2n) is 9.83. The number of benzene rings is 2. The van der Waals surface area contributed by atoms with Gasteiger partial charge in [-0.15, -0.1) is 22.0 Å². The molecule has 0 spiro atoms. The molecule has 1 aromatic heterocycles. The van der Waals surface area contributed by atoms with Gasteiger partial charge in [0, 0.05) is 23.6 Å². The van der Waals surface area contributed by atoms with Gasteiger partial charge in [-0.25, -0.2) is 4.79 Å². The average Bonchev–Trinajstić information content (AvgIpc) is 3.44. The van der Waals surface area contributed by atoms with E-state index in [1.54, 1.807) is 0 Å². The van der Waals surface area contributed by atoms with E-state index in [0.29, 0.717) is 31.4 Å². The van der Waals surface area contributed by atoms with E-state index < -0.39 is 6.09 Å². The van der Waals surface area contributed by atoms with Crippen LogP contribution < -0.4 is 10.6 Å². The number of hydrogen-bond acceptors (Lipinski definition) is 7. The van der Waals surface area contributed by atoms with Crippen molar-refractivity contribution in [2.45, 2.75) is 55.7 Å². The zero-order valence-electron chi connectivity index (χ0n) is 19.9. The number of fused-ring (bicyclic) bond motifs is 3. The minimum atomic E-state index is -0.446. The van der Waals surface area contributed by atoms with Gasteiger partial charge < -0.3 is 14.5 Å². The van der Waals surface area contributed by atoms with Crippen molar-refractivity contribution in [3.63, 3.8) is 0 Å². The molecule has 0 radical (unpaired) electrons. The predicted octanol–water partition coefficient (Wildman–Crippen LogP) is 5.04. The zero-order chi connectivity index (χ0) is 23.9. The van der Waals surface area contributed by atoms with Crippen molar-refractivity contribution >= 4 is 17.9 Å². The van der Waals surface area contributed by atoms with Crippen LogP contribution in [0.4, 0.5) is 4.79 Å². The second kappa shape index (κ2) is 8.74. The summed E-state index contributed by atoms with van der Waals surface area (Å²) < 4.78 is 11.4. The summed E-state index contributed by atoms with van der Waals surface area (Å²) in [5.74, 6) is 1.13. The molecule has 3 aromatic rings. The summed E-state index contributed by atoms with van der Waals surface area (Å²) in [6.07, 6.45) is -0.000661. The molecule has 5 rings (SSSR count). The maximum Gasteiger partial charge on any atom is 0.407 e. The first kappa shape index (κ1) is 22.9. The normalized spacial score (nSPS) is 20.1. The summed E-state index contributed by atoms with van der Waals surface area (Å²) in [5.41, 5.74) is 4.81. The van der Waals surface area contributed by atoms with Gasteiger partial charge in [-0.3, -0.25) is 5.32 Å². The molecule has 2 aliphatic rings.